The van der Waals surface area contributed by atoms with Crippen molar-refractivity contribution >= 4 is 0 Å². The first-order valence-corrected chi connectivity index (χ1v) is 6.90. The molecule has 1 N–H and O–H groups in total. The van der Waals surface area contributed by atoms with Crippen molar-refractivity contribution < 1.29 is 8.78 Å². The minimum atomic E-state index is -0.367. The summed E-state index contributed by atoms with van der Waals surface area (Å²) >= 11 is 0. The lowest BCUT2D eigenvalue weighted by Crippen LogP contribution is -2.31. The quantitative estimate of drug-likeness (QED) is 0.903. The molecule has 0 aromatic heterocycles. The third kappa shape index (κ3) is 3.74. The highest BCUT2D eigenvalue weighted by atomic mass is 19.1. The van der Waals surface area contributed by atoms with Gasteiger partial charge >= 0.3 is 0 Å². The fourth-order valence-corrected chi connectivity index (χ4v) is 2.82. The molecule has 106 valence electrons. The van der Waals surface area contributed by atoms with Gasteiger partial charge in [0.25, 0.3) is 0 Å². The Hall–Kier alpha value is -1.00. The molecule has 1 saturated heterocycles. The van der Waals surface area contributed by atoms with E-state index < -0.39 is 0 Å². The van der Waals surface area contributed by atoms with E-state index in [9.17, 15) is 8.78 Å². The molecule has 1 unspecified atom stereocenters. The van der Waals surface area contributed by atoms with E-state index in [-0.39, 0.29) is 17.7 Å². The zero-order valence-electron chi connectivity index (χ0n) is 11.6. The number of hydrogen-bond donors (Lipinski definition) is 1. The Morgan fingerprint density at radius 2 is 1.95 bits per heavy atom. The van der Waals surface area contributed by atoms with Crippen molar-refractivity contribution in [2.75, 3.05) is 27.2 Å². The molecule has 1 aliphatic rings. The molecule has 1 aromatic carbocycles. The average molecular weight is 268 g/mol. The standard InChI is InChI=1S/C15H22F2N2/c1-19(2)15(9-11-5-7-18-8-6-11)13-10-12(16)3-4-14(13)17/h3-4,10-11,15,18H,5-9H2,1-2H3. The van der Waals surface area contributed by atoms with E-state index in [1.807, 2.05) is 19.0 Å². The van der Waals surface area contributed by atoms with Crippen LogP contribution >= 0.6 is 0 Å². The molecule has 1 aromatic rings. The van der Waals surface area contributed by atoms with Gasteiger partial charge in [-0.2, -0.15) is 0 Å². The zero-order valence-corrected chi connectivity index (χ0v) is 11.6. The van der Waals surface area contributed by atoms with E-state index in [1.165, 1.54) is 18.2 Å². The Kier molecular flexibility index (Phi) is 4.88. The maximum Gasteiger partial charge on any atom is 0.128 e. The molecule has 1 heterocycles. The second-order valence-electron chi connectivity index (χ2n) is 5.57. The molecule has 1 atom stereocenters. The van der Waals surface area contributed by atoms with Crippen LogP contribution in [0, 0.1) is 17.6 Å². The molecule has 1 aliphatic heterocycles. The Balaban J connectivity index is 2.16. The molecular formula is C15H22F2N2. The highest BCUT2D eigenvalue weighted by molar-refractivity contribution is 5.22. The fraction of sp³-hybridized carbons (Fsp3) is 0.600. The second kappa shape index (κ2) is 6.44. The van der Waals surface area contributed by atoms with Crippen LogP contribution in [-0.2, 0) is 0 Å². The molecule has 0 saturated carbocycles. The van der Waals surface area contributed by atoms with Gasteiger partial charge in [0.15, 0.2) is 0 Å². The number of halogens is 2. The Morgan fingerprint density at radius 1 is 1.26 bits per heavy atom. The molecule has 4 heteroatoms. The maximum absolute atomic E-state index is 13.9. The van der Waals surface area contributed by atoms with E-state index in [0.717, 1.165) is 32.4 Å². The summed E-state index contributed by atoms with van der Waals surface area (Å²) in [5.74, 6) is -0.0982. The summed E-state index contributed by atoms with van der Waals surface area (Å²) < 4.78 is 27.3. The van der Waals surface area contributed by atoms with Gasteiger partial charge in [-0.3, -0.25) is 0 Å². The third-order valence-electron chi connectivity index (χ3n) is 3.96. The second-order valence-corrected chi connectivity index (χ2v) is 5.57. The number of hydrogen-bond acceptors (Lipinski definition) is 2. The minimum Gasteiger partial charge on any atom is -0.317 e. The molecule has 19 heavy (non-hydrogen) atoms. The Morgan fingerprint density at radius 3 is 2.58 bits per heavy atom. The topological polar surface area (TPSA) is 15.3 Å². The number of rotatable bonds is 4. The van der Waals surface area contributed by atoms with Crippen molar-refractivity contribution in [1.82, 2.24) is 10.2 Å². The van der Waals surface area contributed by atoms with Crippen LogP contribution in [0.15, 0.2) is 18.2 Å². The van der Waals surface area contributed by atoms with Gasteiger partial charge in [0.2, 0.25) is 0 Å². The van der Waals surface area contributed by atoms with E-state index >= 15 is 0 Å². The number of piperidine rings is 1. The van der Waals surface area contributed by atoms with Crippen molar-refractivity contribution in [3.63, 3.8) is 0 Å². The molecule has 0 radical (unpaired) electrons. The summed E-state index contributed by atoms with van der Waals surface area (Å²) in [4.78, 5) is 1.99. The summed E-state index contributed by atoms with van der Waals surface area (Å²) in [6, 6.07) is 3.68. The van der Waals surface area contributed by atoms with Crippen molar-refractivity contribution in [3.05, 3.63) is 35.4 Å². The summed E-state index contributed by atoms with van der Waals surface area (Å²) in [5.41, 5.74) is 0.475. The van der Waals surface area contributed by atoms with Crippen LogP contribution in [0.3, 0.4) is 0 Å². The monoisotopic (exact) mass is 268 g/mol. The molecule has 1 fully saturated rings. The van der Waals surface area contributed by atoms with Gasteiger partial charge in [0.05, 0.1) is 0 Å². The SMILES string of the molecule is CN(C)C(CC1CCNCC1)c1cc(F)ccc1F. The van der Waals surface area contributed by atoms with E-state index in [1.54, 1.807) is 0 Å². The lowest BCUT2D eigenvalue weighted by Gasteiger charge is -2.31. The Labute approximate surface area is 113 Å². The normalized spacial score (nSPS) is 18.8. The summed E-state index contributed by atoms with van der Waals surface area (Å²) in [7, 11) is 3.85. The van der Waals surface area contributed by atoms with Crippen LogP contribution in [0.2, 0.25) is 0 Å². The van der Waals surface area contributed by atoms with Gasteiger partial charge in [-0.05, 0) is 70.6 Å². The number of nitrogens with one attached hydrogen (secondary N) is 1. The molecule has 2 rings (SSSR count). The predicted molar refractivity (Wildman–Crippen MR) is 73.0 cm³/mol. The largest absolute Gasteiger partial charge is 0.317 e. The first kappa shape index (κ1) is 14.4. The fourth-order valence-electron chi connectivity index (χ4n) is 2.82. The van der Waals surface area contributed by atoms with E-state index in [0.29, 0.717) is 11.5 Å². The van der Waals surface area contributed by atoms with Crippen molar-refractivity contribution in [3.8, 4) is 0 Å². The van der Waals surface area contributed by atoms with Crippen LogP contribution in [0.4, 0.5) is 8.78 Å². The predicted octanol–water partition coefficient (Wildman–Crippen LogP) is 2.96. The molecule has 0 spiro atoms. The molecule has 0 aliphatic carbocycles. The van der Waals surface area contributed by atoms with Crippen LogP contribution in [-0.4, -0.2) is 32.1 Å². The molecular weight excluding hydrogens is 246 g/mol. The molecule has 0 amide bonds. The van der Waals surface area contributed by atoms with Crippen LogP contribution in [0.1, 0.15) is 30.9 Å². The van der Waals surface area contributed by atoms with Crippen LogP contribution < -0.4 is 5.32 Å². The van der Waals surface area contributed by atoms with Gasteiger partial charge in [0.1, 0.15) is 11.6 Å². The van der Waals surface area contributed by atoms with Gasteiger partial charge < -0.3 is 10.2 Å². The van der Waals surface area contributed by atoms with E-state index in [4.69, 9.17) is 0 Å². The summed E-state index contributed by atoms with van der Waals surface area (Å²) in [6.07, 6.45) is 3.11. The van der Waals surface area contributed by atoms with Gasteiger partial charge in [-0.1, -0.05) is 0 Å². The van der Waals surface area contributed by atoms with Crippen molar-refractivity contribution in [2.24, 2.45) is 5.92 Å². The van der Waals surface area contributed by atoms with Gasteiger partial charge in [-0.15, -0.1) is 0 Å². The summed E-state index contributed by atoms with van der Waals surface area (Å²) in [5, 5.41) is 3.33. The molecule has 2 nitrogen and oxygen atoms in total. The average Bonchev–Trinajstić information content (AvgIpc) is 2.40. The third-order valence-corrected chi connectivity index (χ3v) is 3.96. The summed E-state index contributed by atoms with van der Waals surface area (Å²) in [6.45, 7) is 2.05. The lowest BCUT2D eigenvalue weighted by atomic mass is 9.87. The highest BCUT2D eigenvalue weighted by Crippen LogP contribution is 2.31. The van der Waals surface area contributed by atoms with Crippen molar-refractivity contribution in [1.29, 1.82) is 0 Å². The van der Waals surface area contributed by atoms with Crippen molar-refractivity contribution in [2.45, 2.75) is 25.3 Å². The zero-order chi connectivity index (χ0) is 13.8. The Bertz CT molecular complexity index is 415. The number of nitrogens with zero attached hydrogens (tertiary/aromatic N) is 1. The maximum atomic E-state index is 13.9. The molecule has 0 bridgehead atoms. The lowest BCUT2D eigenvalue weighted by molar-refractivity contribution is 0.218. The minimum absolute atomic E-state index is 0.0567. The first-order chi connectivity index (χ1) is 9.08. The van der Waals surface area contributed by atoms with Gasteiger partial charge in [-0.25, -0.2) is 8.78 Å². The van der Waals surface area contributed by atoms with Crippen LogP contribution in [0.25, 0.3) is 0 Å². The van der Waals surface area contributed by atoms with Crippen LogP contribution in [0.5, 0.6) is 0 Å². The number of benzene rings is 1. The highest BCUT2D eigenvalue weighted by Gasteiger charge is 2.24. The first-order valence-electron chi connectivity index (χ1n) is 6.90. The van der Waals surface area contributed by atoms with Gasteiger partial charge in [0, 0.05) is 11.6 Å². The van der Waals surface area contributed by atoms with E-state index in [2.05, 4.69) is 5.32 Å². The smallest absolute Gasteiger partial charge is 0.128 e.